The normalized spacial score (nSPS) is 11.8. The van der Waals surface area contributed by atoms with Crippen molar-refractivity contribution in [3.8, 4) is 11.3 Å². The summed E-state index contributed by atoms with van der Waals surface area (Å²) >= 11 is 0. The fraction of sp³-hybridized carbons (Fsp3) is 0. The summed E-state index contributed by atoms with van der Waals surface area (Å²) in [6.45, 7) is 0. The molecule has 0 amide bonds. The zero-order valence-electron chi connectivity index (χ0n) is 13.8. The quantitative estimate of drug-likeness (QED) is 0.291. The number of hydrogen-bond donors (Lipinski definition) is 0. The van der Waals surface area contributed by atoms with E-state index in [1.54, 1.807) is 6.33 Å². The van der Waals surface area contributed by atoms with Crippen LogP contribution < -0.4 is 0 Å². The van der Waals surface area contributed by atoms with E-state index in [4.69, 9.17) is 4.98 Å². The van der Waals surface area contributed by atoms with E-state index in [9.17, 15) is 0 Å². The molecule has 0 saturated heterocycles. The molecule has 3 nitrogen and oxygen atoms in total. The lowest BCUT2D eigenvalue weighted by Gasteiger charge is -2.14. The first kappa shape index (κ1) is 13.7. The topological polar surface area (TPSA) is 38.7 Å². The number of rotatable bonds is 1. The molecule has 3 heteroatoms. The highest BCUT2D eigenvalue weighted by Crippen LogP contribution is 2.39. The molecular weight excluding hydrogens is 318 g/mol. The van der Waals surface area contributed by atoms with Crippen molar-refractivity contribution < 1.29 is 0 Å². The van der Waals surface area contributed by atoms with Crippen molar-refractivity contribution in [2.75, 3.05) is 0 Å². The van der Waals surface area contributed by atoms with Gasteiger partial charge < -0.3 is 0 Å². The summed E-state index contributed by atoms with van der Waals surface area (Å²) in [7, 11) is 0. The summed E-state index contributed by atoms with van der Waals surface area (Å²) in [5, 5.41) is 5.68. The predicted octanol–water partition coefficient (Wildman–Crippen LogP) is 5.59. The maximum Gasteiger partial charge on any atom is 0.116 e. The van der Waals surface area contributed by atoms with Gasteiger partial charge in [-0.25, -0.2) is 15.0 Å². The van der Waals surface area contributed by atoms with Gasteiger partial charge in [0.1, 0.15) is 6.33 Å². The fourth-order valence-corrected chi connectivity index (χ4v) is 3.95. The number of hydrogen-bond acceptors (Lipinski definition) is 3. The minimum atomic E-state index is 0.965. The van der Waals surface area contributed by atoms with Gasteiger partial charge in [0, 0.05) is 27.1 Å². The van der Waals surface area contributed by atoms with E-state index < -0.39 is 0 Å². The predicted molar refractivity (Wildman–Crippen MR) is 106 cm³/mol. The van der Waals surface area contributed by atoms with Gasteiger partial charge in [-0.05, 0) is 17.5 Å². The minimum Gasteiger partial charge on any atom is -0.247 e. The first-order chi connectivity index (χ1) is 12.9. The highest BCUT2D eigenvalue weighted by Gasteiger charge is 2.16. The van der Waals surface area contributed by atoms with Crippen LogP contribution in [0.25, 0.3) is 54.7 Å². The largest absolute Gasteiger partial charge is 0.247 e. The lowest BCUT2D eigenvalue weighted by Crippen LogP contribution is -1.94. The minimum absolute atomic E-state index is 0.965. The van der Waals surface area contributed by atoms with E-state index >= 15 is 0 Å². The van der Waals surface area contributed by atoms with Gasteiger partial charge in [0.25, 0.3) is 0 Å². The average Bonchev–Trinajstić information content (AvgIpc) is 2.73. The first-order valence-corrected chi connectivity index (χ1v) is 8.64. The molecule has 0 bridgehead atoms. The van der Waals surface area contributed by atoms with Crippen molar-refractivity contribution in [2.45, 2.75) is 0 Å². The summed E-state index contributed by atoms with van der Waals surface area (Å²) in [5.74, 6) is 0. The molecule has 6 rings (SSSR count). The Hall–Kier alpha value is -3.59. The van der Waals surface area contributed by atoms with Gasteiger partial charge in [0.2, 0.25) is 0 Å². The molecule has 2 heterocycles. The summed E-state index contributed by atoms with van der Waals surface area (Å²) in [5.41, 5.74) is 5.09. The number of aromatic nitrogens is 3. The molecule has 26 heavy (non-hydrogen) atoms. The molecule has 2 aromatic heterocycles. The Balaban J connectivity index is 1.91. The van der Waals surface area contributed by atoms with Crippen LogP contribution in [0.3, 0.4) is 0 Å². The van der Waals surface area contributed by atoms with Crippen LogP contribution >= 0.6 is 0 Å². The zero-order chi connectivity index (χ0) is 17.1. The van der Waals surface area contributed by atoms with Crippen molar-refractivity contribution >= 4 is 43.5 Å². The van der Waals surface area contributed by atoms with Crippen LogP contribution in [0.1, 0.15) is 0 Å². The molecule has 120 valence electrons. The highest BCUT2D eigenvalue weighted by atomic mass is 14.8. The van der Waals surface area contributed by atoms with Gasteiger partial charge in [0.15, 0.2) is 0 Å². The Morgan fingerprint density at radius 2 is 1.38 bits per heavy atom. The molecular formula is C23H13N3. The molecule has 0 aliphatic heterocycles. The second-order valence-electron chi connectivity index (χ2n) is 6.55. The summed E-state index contributed by atoms with van der Waals surface area (Å²) < 4.78 is 0. The molecule has 0 spiro atoms. The lowest BCUT2D eigenvalue weighted by molar-refractivity contribution is 1.27. The van der Waals surface area contributed by atoms with E-state index in [2.05, 4.69) is 64.6 Å². The van der Waals surface area contributed by atoms with Gasteiger partial charge in [-0.1, -0.05) is 60.7 Å². The average molecular weight is 331 g/mol. The van der Waals surface area contributed by atoms with Crippen LogP contribution in [-0.2, 0) is 0 Å². The van der Waals surface area contributed by atoms with Gasteiger partial charge in [0.05, 0.1) is 22.2 Å². The molecule has 0 aliphatic rings. The van der Waals surface area contributed by atoms with Crippen molar-refractivity contribution in [2.24, 2.45) is 0 Å². The number of pyridine rings is 1. The maximum absolute atomic E-state index is 5.07. The lowest BCUT2D eigenvalue weighted by atomic mass is 9.95. The van der Waals surface area contributed by atoms with Gasteiger partial charge in [-0.3, -0.25) is 0 Å². The van der Waals surface area contributed by atoms with Crippen molar-refractivity contribution in [3.63, 3.8) is 0 Å². The summed E-state index contributed by atoms with van der Waals surface area (Å²) in [6, 6.07) is 25.1. The summed E-state index contributed by atoms with van der Waals surface area (Å²) in [4.78, 5) is 14.2. The third-order valence-electron chi connectivity index (χ3n) is 5.10. The van der Waals surface area contributed by atoms with Crippen LogP contribution in [0.2, 0.25) is 0 Å². The molecule has 0 atom stereocenters. The number of nitrogens with zero attached hydrogens (tertiary/aromatic N) is 3. The Labute approximate surface area is 149 Å². The van der Waals surface area contributed by atoms with Crippen LogP contribution in [0.15, 0.2) is 79.1 Å². The van der Waals surface area contributed by atoms with Crippen LogP contribution in [0.4, 0.5) is 0 Å². The Kier molecular flexibility index (Phi) is 2.61. The molecule has 0 aliphatic carbocycles. The zero-order valence-corrected chi connectivity index (χ0v) is 13.8. The summed E-state index contributed by atoms with van der Waals surface area (Å²) in [6.07, 6.45) is 1.65. The van der Waals surface area contributed by atoms with E-state index in [0.717, 1.165) is 49.4 Å². The molecule has 0 radical (unpaired) electrons. The Bertz CT molecular complexity index is 1420. The van der Waals surface area contributed by atoms with Crippen LogP contribution in [0.5, 0.6) is 0 Å². The third kappa shape index (κ3) is 1.74. The van der Waals surface area contributed by atoms with Crippen molar-refractivity contribution in [1.82, 2.24) is 15.0 Å². The van der Waals surface area contributed by atoms with Crippen LogP contribution in [-0.4, -0.2) is 15.0 Å². The van der Waals surface area contributed by atoms with E-state index in [1.165, 1.54) is 5.39 Å². The van der Waals surface area contributed by atoms with E-state index in [-0.39, 0.29) is 0 Å². The highest BCUT2D eigenvalue weighted by molar-refractivity contribution is 6.31. The van der Waals surface area contributed by atoms with Gasteiger partial charge >= 0.3 is 0 Å². The molecule has 4 aromatic carbocycles. The molecule has 0 unspecified atom stereocenters. The molecule has 6 aromatic rings. The van der Waals surface area contributed by atoms with Crippen molar-refractivity contribution in [3.05, 3.63) is 79.1 Å². The number of benzene rings is 4. The smallest absolute Gasteiger partial charge is 0.116 e. The third-order valence-corrected chi connectivity index (χ3v) is 5.10. The second-order valence-corrected chi connectivity index (χ2v) is 6.55. The molecule has 0 N–H and O–H groups in total. The molecule has 0 saturated carbocycles. The van der Waals surface area contributed by atoms with E-state index in [1.807, 2.05) is 18.2 Å². The van der Waals surface area contributed by atoms with Crippen molar-refractivity contribution in [1.29, 1.82) is 0 Å². The second kappa shape index (κ2) is 4.96. The molecule has 0 fully saturated rings. The standard InChI is InChI=1S/C23H13N3/c1-2-6-14(7-3-1)19-12-15-10-11-18-21-20(15)23(26-19)17-9-5-4-8-16(17)22(21)25-13-24-18/h1-13H. The Morgan fingerprint density at radius 3 is 2.23 bits per heavy atom. The fourth-order valence-electron chi connectivity index (χ4n) is 3.95. The number of fused-ring (bicyclic) bond motifs is 3. The first-order valence-electron chi connectivity index (χ1n) is 8.64. The SMILES string of the molecule is c1ccc(-c2cc3ccc4ncnc5c6ccccc6c(n2)c3c45)cc1. The van der Waals surface area contributed by atoms with Gasteiger partial charge in [-0.15, -0.1) is 0 Å². The Morgan fingerprint density at radius 1 is 0.615 bits per heavy atom. The van der Waals surface area contributed by atoms with Crippen LogP contribution in [0, 0.1) is 0 Å². The monoisotopic (exact) mass is 331 g/mol. The van der Waals surface area contributed by atoms with E-state index in [0.29, 0.717) is 0 Å². The van der Waals surface area contributed by atoms with Gasteiger partial charge in [-0.2, -0.15) is 0 Å². The maximum atomic E-state index is 5.07.